The maximum Gasteiger partial charge on any atom is 0.472 e. The van der Waals surface area contributed by atoms with Gasteiger partial charge in [0.25, 0.3) is 0 Å². The van der Waals surface area contributed by atoms with Gasteiger partial charge in [-0.05, 0) is 43.4 Å². The zero-order valence-corrected chi connectivity index (χ0v) is 72.4. The van der Waals surface area contributed by atoms with Crippen LogP contribution in [-0.4, -0.2) is 96.7 Å². The van der Waals surface area contributed by atoms with Crippen molar-refractivity contribution in [1.29, 1.82) is 0 Å². The fourth-order valence-corrected chi connectivity index (χ4v) is 15.2. The van der Waals surface area contributed by atoms with E-state index >= 15 is 0 Å². The van der Waals surface area contributed by atoms with Gasteiger partial charge < -0.3 is 33.8 Å². The monoisotopic (exact) mass is 1560 g/mol. The maximum atomic E-state index is 13.2. The second-order valence-electron chi connectivity index (χ2n) is 32.6. The predicted molar refractivity (Wildman–Crippen MR) is 441 cm³/mol. The lowest BCUT2D eigenvalue weighted by Gasteiger charge is -2.21. The number of hydrogen-bond donors (Lipinski definition) is 3. The molecule has 0 aliphatic heterocycles. The second kappa shape index (κ2) is 78.0. The van der Waals surface area contributed by atoms with Crippen molar-refractivity contribution in [2.75, 3.05) is 39.6 Å². The van der Waals surface area contributed by atoms with Crippen LogP contribution in [0.5, 0.6) is 0 Å². The van der Waals surface area contributed by atoms with Crippen molar-refractivity contribution < 1.29 is 80.2 Å². The number of esters is 4. The lowest BCUT2D eigenvalue weighted by molar-refractivity contribution is -0.161. The van der Waals surface area contributed by atoms with E-state index in [4.69, 9.17) is 37.0 Å². The Morgan fingerprint density at radius 2 is 0.477 bits per heavy atom. The number of hydrogen-bond acceptors (Lipinski definition) is 15. The van der Waals surface area contributed by atoms with Crippen LogP contribution in [0.15, 0.2) is 0 Å². The van der Waals surface area contributed by atoms with E-state index in [1.165, 1.54) is 270 Å². The van der Waals surface area contributed by atoms with Crippen molar-refractivity contribution in [1.82, 2.24) is 0 Å². The summed E-state index contributed by atoms with van der Waals surface area (Å²) < 4.78 is 68.9. The molecule has 0 aromatic carbocycles. The van der Waals surface area contributed by atoms with Crippen molar-refractivity contribution >= 4 is 39.5 Å². The number of carbonyl (C=O) groups is 4. The van der Waals surface area contributed by atoms with Crippen LogP contribution in [0.1, 0.15) is 466 Å². The van der Waals surface area contributed by atoms with Gasteiger partial charge in [-0.25, -0.2) is 9.13 Å². The molecule has 0 aliphatic rings. The minimum Gasteiger partial charge on any atom is -0.462 e. The Morgan fingerprint density at radius 1 is 0.271 bits per heavy atom. The van der Waals surface area contributed by atoms with Gasteiger partial charge in [0.15, 0.2) is 12.2 Å². The molecule has 0 bridgehead atoms. The molecule has 0 saturated heterocycles. The number of phosphoric acid groups is 2. The van der Waals surface area contributed by atoms with Crippen molar-refractivity contribution in [3.05, 3.63) is 0 Å². The number of rotatable bonds is 86. The molecule has 0 aromatic rings. The first kappa shape index (κ1) is 105. The molecule has 3 N–H and O–H groups in total. The molecule has 0 radical (unpaired) electrons. The summed E-state index contributed by atoms with van der Waals surface area (Å²) in [5.41, 5.74) is 0. The zero-order chi connectivity index (χ0) is 78.6. The van der Waals surface area contributed by atoms with Crippen molar-refractivity contribution in [2.24, 2.45) is 17.8 Å². The summed E-state index contributed by atoms with van der Waals surface area (Å²) in [5.74, 6) is 0.251. The number of carbonyl (C=O) groups excluding carboxylic acids is 4. The summed E-state index contributed by atoms with van der Waals surface area (Å²) in [6.45, 7) is 12.0. The fraction of sp³-hybridized carbons (Fsp3) is 0.955. The average Bonchev–Trinajstić information content (AvgIpc) is 0.909. The molecular weight excluding hydrogens is 1390 g/mol. The largest absolute Gasteiger partial charge is 0.472 e. The third-order valence-electron chi connectivity index (χ3n) is 21.4. The van der Waals surface area contributed by atoms with Gasteiger partial charge in [-0.2, -0.15) is 0 Å². The SMILES string of the molecule is CCCCCCCCCCCCCCCCCCCCCCCCC(=O)O[C@H](COC(=O)CCCCCCCCCCCCCCCCCCCCC(C)C)COP(=O)(O)OC[C@@H](O)COP(=O)(O)OC[C@@H](COC(=O)CCCCCCCCC(C)CC)OC(=O)CCCCCCCCCCCCC(C)CC. The van der Waals surface area contributed by atoms with Crippen LogP contribution in [-0.2, 0) is 65.4 Å². The van der Waals surface area contributed by atoms with Gasteiger partial charge in [-0.15, -0.1) is 0 Å². The highest BCUT2D eigenvalue weighted by Crippen LogP contribution is 2.45. The third-order valence-corrected chi connectivity index (χ3v) is 23.3. The smallest absolute Gasteiger partial charge is 0.462 e. The fourth-order valence-electron chi connectivity index (χ4n) is 13.7. The highest BCUT2D eigenvalue weighted by molar-refractivity contribution is 7.47. The van der Waals surface area contributed by atoms with Crippen LogP contribution in [0.3, 0.4) is 0 Å². The van der Waals surface area contributed by atoms with E-state index in [9.17, 15) is 43.2 Å². The van der Waals surface area contributed by atoms with E-state index in [1.54, 1.807) is 0 Å². The minimum atomic E-state index is -4.97. The van der Waals surface area contributed by atoms with Crippen LogP contribution in [0.2, 0.25) is 0 Å². The first-order valence-electron chi connectivity index (χ1n) is 45.4. The van der Waals surface area contributed by atoms with Crippen molar-refractivity contribution in [2.45, 2.75) is 484 Å². The number of aliphatic hydroxyl groups excluding tert-OH is 1. The number of aliphatic hydroxyl groups is 1. The van der Waals surface area contributed by atoms with E-state index < -0.39 is 97.5 Å². The number of unbranched alkanes of at least 4 members (excludes halogenated alkanes) is 52. The van der Waals surface area contributed by atoms with Gasteiger partial charge in [-0.1, -0.05) is 414 Å². The van der Waals surface area contributed by atoms with Gasteiger partial charge in [0.05, 0.1) is 26.4 Å². The van der Waals surface area contributed by atoms with E-state index in [1.807, 2.05) is 0 Å². The summed E-state index contributed by atoms with van der Waals surface area (Å²) in [5, 5.41) is 10.7. The molecule has 0 heterocycles. The molecule has 0 aliphatic carbocycles. The van der Waals surface area contributed by atoms with Crippen LogP contribution in [0.25, 0.3) is 0 Å². The normalized spacial score (nSPS) is 14.3. The Morgan fingerprint density at radius 3 is 0.710 bits per heavy atom. The quantitative estimate of drug-likeness (QED) is 0.0222. The van der Waals surface area contributed by atoms with Gasteiger partial charge in [0, 0.05) is 25.7 Å². The molecule has 19 heteroatoms. The molecule has 0 rings (SSSR count). The molecule has 17 nitrogen and oxygen atoms in total. The van der Waals surface area contributed by atoms with E-state index in [2.05, 4.69) is 48.5 Å². The molecule has 0 spiro atoms. The average molecular weight is 1560 g/mol. The predicted octanol–water partition coefficient (Wildman–Crippen LogP) is 26.9. The topological polar surface area (TPSA) is 237 Å². The lowest BCUT2D eigenvalue weighted by Crippen LogP contribution is -2.30. The van der Waals surface area contributed by atoms with Crippen molar-refractivity contribution in [3.63, 3.8) is 0 Å². The molecule has 0 amide bonds. The highest BCUT2D eigenvalue weighted by Gasteiger charge is 2.31. The Kier molecular flexibility index (Phi) is 76.6. The Hall–Kier alpha value is -1.94. The minimum absolute atomic E-state index is 0.106. The number of phosphoric ester groups is 2. The van der Waals surface area contributed by atoms with E-state index in [0.29, 0.717) is 25.7 Å². The Balaban J connectivity index is 5.21. The Bertz CT molecular complexity index is 2060. The van der Waals surface area contributed by atoms with Crippen LogP contribution >= 0.6 is 15.6 Å². The second-order valence-corrected chi connectivity index (χ2v) is 35.5. The van der Waals surface area contributed by atoms with Gasteiger partial charge in [-0.3, -0.25) is 37.3 Å². The van der Waals surface area contributed by atoms with Gasteiger partial charge >= 0.3 is 39.5 Å². The van der Waals surface area contributed by atoms with Crippen LogP contribution < -0.4 is 0 Å². The zero-order valence-electron chi connectivity index (χ0n) is 70.6. The maximum absolute atomic E-state index is 13.2. The summed E-state index contributed by atoms with van der Waals surface area (Å²) in [6.07, 6.45) is 69.6. The highest BCUT2D eigenvalue weighted by atomic mass is 31.2. The molecule has 4 unspecified atom stereocenters. The first-order valence-corrected chi connectivity index (χ1v) is 48.4. The third kappa shape index (κ3) is 79.1. The van der Waals surface area contributed by atoms with E-state index in [0.717, 1.165) is 114 Å². The summed E-state index contributed by atoms with van der Waals surface area (Å²) >= 11 is 0. The molecule has 0 fully saturated rings. The first-order chi connectivity index (χ1) is 51.8. The van der Waals surface area contributed by atoms with Crippen LogP contribution in [0, 0.1) is 17.8 Å². The molecule has 107 heavy (non-hydrogen) atoms. The molecule has 636 valence electrons. The summed E-state index contributed by atoms with van der Waals surface area (Å²) in [7, 11) is -9.93. The molecule has 7 atom stereocenters. The molecular formula is C88H172O17P2. The van der Waals surface area contributed by atoms with Gasteiger partial charge in [0.1, 0.15) is 19.3 Å². The molecule has 0 aromatic heterocycles. The van der Waals surface area contributed by atoms with Gasteiger partial charge in [0.2, 0.25) is 0 Å². The summed E-state index contributed by atoms with van der Waals surface area (Å²) in [4.78, 5) is 73.2. The standard InChI is InChI=1S/C88H172O17P2/c1-8-11-12-13-14-15-16-17-18-19-20-21-22-23-28-31-34-37-43-48-57-64-71-87(92)104-83(75-98-85(90)69-62-55-47-42-36-33-30-27-25-24-26-29-32-35-40-45-52-59-66-79(4)5)77-102-106(94,95)100-73-82(89)74-101-107(96,97)103-78-84(76-99-86(91)70-63-56-51-50-54-61-68-81(7)10-3)105-88(93)72-65-58-49-44-39-38-41-46-53-60-67-80(6)9-2/h79-84,89H,8-78H2,1-7H3,(H,94,95)(H,96,97)/t80?,81?,82-,83-,84-/m1/s1. The van der Waals surface area contributed by atoms with Crippen LogP contribution in [0.4, 0.5) is 0 Å². The van der Waals surface area contributed by atoms with E-state index in [-0.39, 0.29) is 25.7 Å². The Labute approximate surface area is 658 Å². The molecule has 0 saturated carbocycles. The lowest BCUT2D eigenvalue weighted by atomic mass is 9.99. The summed E-state index contributed by atoms with van der Waals surface area (Å²) in [6, 6.07) is 0. The van der Waals surface area contributed by atoms with Crippen molar-refractivity contribution in [3.8, 4) is 0 Å². The number of ether oxygens (including phenoxy) is 4.